The van der Waals surface area contributed by atoms with Gasteiger partial charge < -0.3 is 14.6 Å². The van der Waals surface area contributed by atoms with Gasteiger partial charge in [0.2, 0.25) is 0 Å². The predicted molar refractivity (Wildman–Crippen MR) is 151 cm³/mol. The average molecular weight is 509 g/mol. The van der Waals surface area contributed by atoms with Crippen molar-refractivity contribution in [1.82, 2.24) is 5.01 Å². The Balaban J connectivity index is 1.43. The quantitative estimate of drug-likeness (QED) is 0.270. The van der Waals surface area contributed by atoms with E-state index in [0.717, 1.165) is 38.7 Å². The van der Waals surface area contributed by atoms with Crippen LogP contribution in [0.5, 0.6) is 0 Å². The second-order valence-electron chi connectivity index (χ2n) is 9.31. The Labute approximate surface area is 219 Å². The number of carbonyl (C=O) groups excluding carboxylic acids is 1. The summed E-state index contributed by atoms with van der Waals surface area (Å²) in [5.41, 5.74) is 4.32. The van der Waals surface area contributed by atoms with E-state index in [-0.39, 0.29) is 12.1 Å². The van der Waals surface area contributed by atoms with Crippen LogP contribution >= 0.6 is 11.6 Å². The number of furan rings is 1. The van der Waals surface area contributed by atoms with Crippen molar-refractivity contribution in [3.63, 3.8) is 0 Å². The molecule has 6 rings (SSSR count). The molecule has 0 aliphatic carbocycles. The van der Waals surface area contributed by atoms with Crippen LogP contribution in [0.3, 0.4) is 0 Å². The number of fused-ring (bicyclic) bond motifs is 2. The number of hydrogen-bond donors (Lipinski definition) is 1. The zero-order chi connectivity index (χ0) is 25.5. The minimum absolute atomic E-state index is 0.309. The summed E-state index contributed by atoms with van der Waals surface area (Å²) in [5, 5.41) is 13.1. The number of hydrazone groups is 1. The van der Waals surface area contributed by atoms with E-state index in [1.165, 1.54) is 5.01 Å². The lowest BCUT2D eigenvalue weighted by atomic mass is 9.94. The van der Waals surface area contributed by atoms with Crippen molar-refractivity contribution >= 4 is 56.5 Å². The lowest BCUT2D eigenvalue weighted by molar-refractivity contribution is 0.200. The SMILES string of the molecule is CN(C)c1ccc(C2CC(c3cc4ccccc4o3)=NN2C(=O)Nc2ccc(Cl)cc2)c2ccccc12. The summed E-state index contributed by atoms with van der Waals surface area (Å²) in [6.45, 7) is 0. The molecule has 1 aliphatic rings. The van der Waals surface area contributed by atoms with Crippen molar-refractivity contribution in [2.45, 2.75) is 12.5 Å². The first kappa shape index (κ1) is 23.1. The number of benzene rings is 4. The molecule has 1 aromatic heterocycles. The molecule has 7 heteroatoms. The number of nitrogens with one attached hydrogen (secondary N) is 1. The number of para-hydroxylation sites is 1. The maximum absolute atomic E-state index is 13.6. The number of amides is 2. The number of halogens is 1. The molecule has 0 saturated heterocycles. The summed E-state index contributed by atoms with van der Waals surface area (Å²) in [5.74, 6) is 0.669. The van der Waals surface area contributed by atoms with Gasteiger partial charge in [-0.2, -0.15) is 5.10 Å². The lowest BCUT2D eigenvalue weighted by Gasteiger charge is -2.25. The van der Waals surface area contributed by atoms with E-state index in [0.29, 0.717) is 22.9 Å². The highest BCUT2D eigenvalue weighted by Gasteiger charge is 2.35. The number of nitrogens with zero attached hydrogens (tertiary/aromatic N) is 3. The fourth-order valence-electron chi connectivity index (χ4n) is 4.91. The van der Waals surface area contributed by atoms with E-state index in [2.05, 4.69) is 34.5 Å². The summed E-state index contributed by atoms with van der Waals surface area (Å²) >= 11 is 6.03. The highest BCUT2D eigenvalue weighted by molar-refractivity contribution is 6.30. The molecule has 0 bridgehead atoms. The Morgan fingerprint density at radius 3 is 2.46 bits per heavy atom. The van der Waals surface area contributed by atoms with E-state index in [1.54, 1.807) is 24.3 Å². The maximum Gasteiger partial charge on any atom is 0.342 e. The second kappa shape index (κ2) is 9.30. The van der Waals surface area contributed by atoms with E-state index in [4.69, 9.17) is 21.1 Å². The predicted octanol–water partition coefficient (Wildman–Crippen LogP) is 7.69. The summed E-state index contributed by atoms with van der Waals surface area (Å²) in [6.07, 6.45) is 0.527. The molecule has 0 fully saturated rings. The third-order valence-corrected chi connectivity index (χ3v) is 6.95. The van der Waals surface area contributed by atoms with Crippen LogP contribution in [-0.4, -0.2) is 30.8 Å². The first-order valence-electron chi connectivity index (χ1n) is 12.1. The highest BCUT2D eigenvalue weighted by atomic mass is 35.5. The summed E-state index contributed by atoms with van der Waals surface area (Å²) in [7, 11) is 4.07. The molecule has 1 atom stereocenters. The smallest absolute Gasteiger partial charge is 0.342 e. The molecule has 2 heterocycles. The molecule has 0 spiro atoms. The molecule has 2 amide bonds. The number of rotatable bonds is 4. The Morgan fingerprint density at radius 1 is 0.973 bits per heavy atom. The standard InChI is InChI=1S/C30H25ClN4O2/c1-34(2)26-16-15-24(22-8-4-5-9-23(22)26)27-18-25(29-17-19-7-3-6-10-28(19)37-29)33-35(27)30(36)32-21-13-11-20(31)12-14-21/h3-17,27H,18H2,1-2H3,(H,32,36). The fourth-order valence-corrected chi connectivity index (χ4v) is 5.04. The van der Waals surface area contributed by atoms with Crippen molar-refractivity contribution in [3.8, 4) is 0 Å². The summed E-state index contributed by atoms with van der Waals surface area (Å²) in [4.78, 5) is 15.7. The van der Waals surface area contributed by atoms with Crippen LogP contribution in [0.2, 0.25) is 5.02 Å². The minimum atomic E-state index is -0.320. The number of hydrogen-bond acceptors (Lipinski definition) is 4. The van der Waals surface area contributed by atoms with Gasteiger partial charge in [0.25, 0.3) is 0 Å². The Hall–Kier alpha value is -4.29. The number of anilines is 2. The molecule has 0 saturated carbocycles. The van der Waals surface area contributed by atoms with Crippen molar-refractivity contribution in [2.24, 2.45) is 5.10 Å². The van der Waals surface area contributed by atoms with Gasteiger partial charge in [-0.25, -0.2) is 9.80 Å². The molecule has 5 aromatic rings. The van der Waals surface area contributed by atoms with Crippen molar-refractivity contribution in [2.75, 3.05) is 24.3 Å². The maximum atomic E-state index is 13.6. The Kier molecular flexibility index (Phi) is 5.81. The van der Waals surface area contributed by atoms with Crippen LogP contribution in [0.1, 0.15) is 23.8 Å². The molecule has 6 nitrogen and oxygen atoms in total. The molecule has 37 heavy (non-hydrogen) atoms. The zero-order valence-corrected chi connectivity index (χ0v) is 21.2. The van der Waals surface area contributed by atoms with Gasteiger partial charge in [-0.3, -0.25) is 0 Å². The molecule has 1 unspecified atom stereocenters. The molecule has 184 valence electrons. The van der Waals surface area contributed by atoms with E-state index in [9.17, 15) is 4.79 Å². The van der Waals surface area contributed by atoms with E-state index < -0.39 is 0 Å². The summed E-state index contributed by atoms with van der Waals surface area (Å²) in [6, 6.07) is 28.7. The molecular weight excluding hydrogens is 484 g/mol. The average Bonchev–Trinajstić information content (AvgIpc) is 3.54. The molecule has 1 N–H and O–H groups in total. The van der Waals surface area contributed by atoms with Crippen LogP contribution in [0.4, 0.5) is 16.2 Å². The minimum Gasteiger partial charge on any atom is -0.455 e. The molecule has 0 radical (unpaired) electrons. The van der Waals surface area contributed by atoms with Gasteiger partial charge in [-0.05, 0) is 53.4 Å². The van der Waals surface area contributed by atoms with Gasteiger partial charge in [-0.1, -0.05) is 60.1 Å². The highest BCUT2D eigenvalue weighted by Crippen LogP contribution is 2.40. The number of carbonyl (C=O) groups is 1. The van der Waals surface area contributed by atoms with Gasteiger partial charge in [0, 0.05) is 47.7 Å². The molecular formula is C30H25ClN4O2. The largest absolute Gasteiger partial charge is 0.455 e. The normalized spacial score (nSPS) is 15.3. The topological polar surface area (TPSA) is 61.1 Å². The third kappa shape index (κ3) is 4.30. The van der Waals surface area contributed by atoms with Crippen molar-refractivity contribution < 1.29 is 9.21 Å². The zero-order valence-electron chi connectivity index (χ0n) is 20.5. The van der Waals surface area contributed by atoms with Crippen LogP contribution in [0.25, 0.3) is 21.7 Å². The lowest BCUT2D eigenvalue weighted by Crippen LogP contribution is -2.31. The van der Waals surface area contributed by atoms with Gasteiger partial charge in [0.1, 0.15) is 11.3 Å². The fraction of sp³-hybridized carbons (Fsp3) is 0.133. The van der Waals surface area contributed by atoms with Gasteiger partial charge in [0.15, 0.2) is 5.76 Å². The molecule has 1 aliphatic heterocycles. The third-order valence-electron chi connectivity index (χ3n) is 6.70. The summed E-state index contributed by atoms with van der Waals surface area (Å²) < 4.78 is 6.12. The second-order valence-corrected chi connectivity index (χ2v) is 9.75. The van der Waals surface area contributed by atoms with Crippen LogP contribution in [0.15, 0.2) is 101 Å². The van der Waals surface area contributed by atoms with Crippen LogP contribution < -0.4 is 10.2 Å². The first-order chi connectivity index (χ1) is 18.0. The van der Waals surface area contributed by atoms with Crippen molar-refractivity contribution in [3.05, 3.63) is 107 Å². The van der Waals surface area contributed by atoms with Crippen molar-refractivity contribution in [1.29, 1.82) is 0 Å². The van der Waals surface area contributed by atoms with Gasteiger partial charge in [-0.15, -0.1) is 0 Å². The van der Waals surface area contributed by atoms with Gasteiger partial charge in [0.05, 0.1) is 6.04 Å². The van der Waals surface area contributed by atoms with E-state index >= 15 is 0 Å². The Bertz CT molecular complexity index is 1620. The Morgan fingerprint density at radius 2 is 1.70 bits per heavy atom. The first-order valence-corrected chi connectivity index (χ1v) is 12.5. The van der Waals surface area contributed by atoms with Gasteiger partial charge >= 0.3 is 6.03 Å². The van der Waals surface area contributed by atoms with Crippen LogP contribution in [-0.2, 0) is 0 Å². The monoisotopic (exact) mass is 508 g/mol. The number of urea groups is 1. The molecule has 4 aromatic carbocycles. The van der Waals surface area contributed by atoms with Crippen LogP contribution in [0, 0.1) is 0 Å². The van der Waals surface area contributed by atoms with E-state index in [1.807, 2.05) is 56.6 Å².